The highest BCUT2D eigenvalue weighted by atomic mass is 35.5. The molecule has 1 heterocycles. The van der Waals surface area contributed by atoms with Crippen molar-refractivity contribution in [2.45, 2.75) is 4.34 Å². The number of nitrogens with zero attached hydrogens (tertiary/aromatic N) is 1. The summed E-state index contributed by atoms with van der Waals surface area (Å²) in [5, 5.41) is 0. The maximum atomic E-state index is 10.7. The fourth-order valence-corrected chi connectivity index (χ4v) is 1.90. The van der Waals surface area contributed by atoms with Crippen LogP contribution in [0.4, 0.5) is 0 Å². The van der Waals surface area contributed by atoms with E-state index in [1.54, 1.807) is 0 Å². The Bertz CT molecular complexity index is 263. The number of aromatic nitrogens is 1. The number of thiazole rings is 1. The first-order valence-electron chi connectivity index (χ1n) is 2.60. The largest absolute Gasteiger partial charge is 0.368 e. The van der Waals surface area contributed by atoms with Crippen LogP contribution in [0.1, 0.15) is 9.67 Å². The van der Waals surface area contributed by atoms with Crippen LogP contribution in [0, 0.1) is 0 Å². The Morgan fingerprint density at radius 1 is 1.91 bits per heavy atom. The third kappa shape index (κ3) is 2.08. The van der Waals surface area contributed by atoms with Crippen LogP contribution in [0.5, 0.6) is 0 Å². The smallest absolute Gasteiger partial charge is 0.342 e. The second-order valence-corrected chi connectivity index (χ2v) is 3.80. The van der Waals surface area contributed by atoms with E-state index in [9.17, 15) is 4.79 Å². The quantitative estimate of drug-likeness (QED) is 0.700. The molecule has 60 valence electrons. The van der Waals surface area contributed by atoms with Crippen molar-refractivity contribution in [1.29, 1.82) is 0 Å². The van der Waals surface area contributed by atoms with Gasteiger partial charge in [-0.05, 0) is 6.26 Å². The van der Waals surface area contributed by atoms with Crippen LogP contribution in [-0.2, 0) is 4.29 Å². The molecule has 1 rings (SSSR count). The number of hydrogen-bond donors (Lipinski definition) is 0. The van der Waals surface area contributed by atoms with Gasteiger partial charge in [0.1, 0.15) is 21.1 Å². The lowest BCUT2D eigenvalue weighted by molar-refractivity contribution is 0.0756. The number of hydrogen-bond acceptors (Lipinski definition) is 5. The Morgan fingerprint density at radius 3 is 3.09 bits per heavy atom. The van der Waals surface area contributed by atoms with E-state index in [4.69, 9.17) is 11.9 Å². The molecule has 0 aliphatic rings. The van der Waals surface area contributed by atoms with Gasteiger partial charge in [0.05, 0.1) is 6.20 Å². The van der Waals surface area contributed by atoms with E-state index in [-0.39, 0.29) is 0 Å². The van der Waals surface area contributed by atoms with E-state index < -0.39 is 5.97 Å². The SMILES string of the molecule is CSc1ncc(C(=O)OCl)s1. The molecule has 0 unspecified atom stereocenters. The molecule has 0 aliphatic heterocycles. The minimum atomic E-state index is -0.551. The molecule has 6 heteroatoms. The minimum Gasteiger partial charge on any atom is -0.342 e. The van der Waals surface area contributed by atoms with Gasteiger partial charge in [0.2, 0.25) is 0 Å². The van der Waals surface area contributed by atoms with Crippen molar-refractivity contribution in [3.63, 3.8) is 0 Å². The predicted molar refractivity (Wildman–Crippen MR) is 45.2 cm³/mol. The van der Waals surface area contributed by atoms with E-state index >= 15 is 0 Å². The number of rotatable bonds is 2. The van der Waals surface area contributed by atoms with Crippen molar-refractivity contribution in [1.82, 2.24) is 4.98 Å². The summed E-state index contributed by atoms with van der Waals surface area (Å²) < 4.78 is 4.81. The predicted octanol–water partition coefficient (Wildman–Crippen LogP) is 2.18. The van der Waals surface area contributed by atoms with Gasteiger partial charge in [-0.1, -0.05) is 11.8 Å². The number of carbonyl (C=O) groups is 1. The normalized spacial score (nSPS) is 9.64. The summed E-state index contributed by atoms with van der Waals surface area (Å²) in [6, 6.07) is 0. The van der Waals surface area contributed by atoms with Crippen LogP contribution in [0.2, 0.25) is 0 Å². The molecule has 1 aromatic heterocycles. The van der Waals surface area contributed by atoms with Crippen molar-refractivity contribution in [2.24, 2.45) is 0 Å². The molecule has 1 aromatic rings. The van der Waals surface area contributed by atoms with Crippen molar-refractivity contribution < 1.29 is 9.08 Å². The molecule has 0 fully saturated rings. The van der Waals surface area contributed by atoms with Gasteiger partial charge in [-0.15, -0.1) is 11.3 Å². The molecule has 0 amide bonds. The maximum absolute atomic E-state index is 10.7. The molecule has 3 nitrogen and oxygen atoms in total. The number of thioether (sulfide) groups is 1. The molecule has 0 saturated heterocycles. The zero-order valence-electron chi connectivity index (χ0n) is 5.54. The van der Waals surface area contributed by atoms with Gasteiger partial charge in [-0.25, -0.2) is 9.78 Å². The lowest BCUT2D eigenvalue weighted by Crippen LogP contribution is -1.92. The highest BCUT2D eigenvalue weighted by Crippen LogP contribution is 2.22. The Morgan fingerprint density at radius 2 is 2.64 bits per heavy atom. The van der Waals surface area contributed by atoms with Gasteiger partial charge in [-0.2, -0.15) is 0 Å². The standard InChI is InChI=1S/C5H4ClNO2S2/c1-10-5-7-2-3(11-5)4(8)9-6/h2H,1H3. The van der Waals surface area contributed by atoms with Crippen molar-refractivity contribution >= 4 is 40.9 Å². The molecule has 0 saturated carbocycles. The highest BCUT2D eigenvalue weighted by molar-refractivity contribution is 8.00. The Balaban J connectivity index is 2.80. The molecule has 0 bridgehead atoms. The minimum absolute atomic E-state index is 0.421. The summed E-state index contributed by atoms with van der Waals surface area (Å²) in [4.78, 5) is 15.1. The molecular formula is C5H4ClNO2S2. The van der Waals surface area contributed by atoms with Gasteiger partial charge >= 0.3 is 5.97 Å². The van der Waals surface area contributed by atoms with E-state index in [2.05, 4.69) is 9.27 Å². The van der Waals surface area contributed by atoms with Crippen LogP contribution in [0.3, 0.4) is 0 Å². The molecule has 0 aromatic carbocycles. The number of carbonyl (C=O) groups excluding carboxylic acids is 1. The summed E-state index contributed by atoms with van der Waals surface area (Å²) >= 11 is 7.59. The highest BCUT2D eigenvalue weighted by Gasteiger charge is 2.10. The van der Waals surface area contributed by atoms with Crippen molar-refractivity contribution in [3.8, 4) is 0 Å². The van der Waals surface area contributed by atoms with Gasteiger partial charge < -0.3 is 4.29 Å². The summed E-state index contributed by atoms with van der Waals surface area (Å²) in [7, 11) is 0. The fraction of sp³-hybridized carbons (Fsp3) is 0.200. The molecule has 0 aliphatic carbocycles. The average Bonchev–Trinajstić information content (AvgIpc) is 2.50. The van der Waals surface area contributed by atoms with Gasteiger partial charge in [0.15, 0.2) is 0 Å². The summed E-state index contributed by atoms with van der Waals surface area (Å²) in [6.45, 7) is 0. The fourth-order valence-electron chi connectivity index (χ4n) is 0.485. The number of halogens is 1. The second-order valence-electron chi connectivity index (χ2n) is 1.56. The third-order valence-corrected chi connectivity index (χ3v) is 3.05. The van der Waals surface area contributed by atoms with E-state index in [1.807, 2.05) is 6.26 Å². The van der Waals surface area contributed by atoms with Crippen molar-refractivity contribution in [3.05, 3.63) is 11.1 Å². The molecule has 0 spiro atoms. The van der Waals surface area contributed by atoms with Gasteiger partial charge in [-0.3, -0.25) is 0 Å². The second kappa shape index (κ2) is 3.94. The van der Waals surface area contributed by atoms with Crippen LogP contribution >= 0.6 is 35.0 Å². The Kier molecular flexibility index (Phi) is 3.16. The molecular weight excluding hydrogens is 206 g/mol. The van der Waals surface area contributed by atoms with Crippen LogP contribution in [0.15, 0.2) is 10.5 Å². The molecule has 11 heavy (non-hydrogen) atoms. The Labute approximate surface area is 76.9 Å². The molecule has 0 N–H and O–H groups in total. The monoisotopic (exact) mass is 209 g/mol. The maximum Gasteiger partial charge on any atom is 0.368 e. The van der Waals surface area contributed by atoms with E-state index in [0.29, 0.717) is 4.88 Å². The van der Waals surface area contributed by atoms with Gasteiger partial charge in [0, 0.05) is 0 Å². The zero-order chi connectivity index (χ0) is 8.27. The topological polar surface area (TPSA) is 39.2 Å². The summed E-state index contributed by atoms with van der Waals surface area (Å²) in [5.74, 6) is -0.551. The van der Waals surface area contributed by atoms with Crippen molar-refractivity contribution in [2.75, 3.05) is 6.26 Å². The van der Waals surface area contributed by atoms with E-state index in [1.165, 1.54) is 29.3 Å². The van der Waals surface area contributed by atoms with Crippen LogP contribution in [-0.4, -0.2) is 17.2 Å². The first-order valence-corrected chi connectivity index (χ1v) is 4.95. The average molecular weight is 210 g/mol. The van der Waals surface area contributed by atoms with Crippen LogP contribution < -0.4 is 0 Å². The lowest BCUT2D eigenvalue weighted by Gasteiger charge is -1.86. The first kappa shape index (κ1) is 8.83. The summed E-state index contributed by atoms with van der Waals surface area (Å²) in [5.41, 5.74) is 0. The Hall–Kier alpha value is -0.260. The first-order chi connectivity index (χ1) is 5.27. The lowest BCUT2D eigenvalue weighted by atomic mass is 10.6. The zero-order valence-corrected chi connectivity index (χ0v) is 7.92. The molecule has 0 radical (unpaired) electrons. The van der Waals surface area contributed by atoms with E-state index in [0.717, 1.165) is 4.34 Å². The van der Waals surface area contributed by atoms with Crippen LogP contribution in [0.25, 0.3) is 0 Å². The third-order valence-electron chi connectivity index (χ3n) is 0.930. The summed E-state index contributed by atoms with van der Waals surface area (Å²) in [6.07, 6.45) is 3.33. The van der Waals surface area contributed by atoms with Gasteiger partial charge in [0.25, 0.3) is 0 Å². The molecule has 0 atom stereocenters.